The lowest BCUT2D eigenvalue weighted by atomic mass is 9.75. The molecule has 0 bridgehead atoms. The van der Waals surface area contributed by atoms with E-state index in [1.165, 1.54) is 76.8 Å². The Bertz CT molecular complexity index is 2610. The number of nitrogens with one attached hydrogen (secondary N) is 2. The van der Waals surface area contributed by atoms with Gasteiger partial charge in [0, 0.05) is 11.3 Å². The van der Waals surface area contributed by atoms with Crippen LogP contribution >= 0.6 is 0 Å². The van der Waals surface area contributed by atoms with E-state index < -0.39 is 0 Å². The molecule has 0 radical (unpaired) electrons. The van der Waals surface area contributed by atoms with E-state index in [1.54, 1.807) is 0 Å². The first-order chi connectivity index (χ1) is 25.0. The van der Waals surface area contributed by atoms with Gasteiger partial charge in [-0.05, 0) is 95.9 Å². The van der Waals surface area contributed by atoms with Gasteiger partial charge < -0.3 is 5.32 Å². The summed E-state index contributed by atoms with van der Waals surface area (Å²) in [6.07, 6.45) is 5.44. The molecule has 10 rings (SSSR count). The minimum Gasteiger partial charge on any atom is -0.354 e. The zero-order valence-corrected chi connectivity index (χ0v) is 28.9. The Hall–Kier alpha value is -5.77. The molecular formula is C48H39N3. The van der Waals surface area contributed by atoms with Crippen LogP contribution in [-0.2, 0) is 5.41 Å². The Kier molecular flexibility index (Phi) is 6.87. The van der Waals surface area contributed by atoms with E-state index in [9.17, 15) is 0 Å². The van der Waals surface area contributed by atoms with Gasteiger partial charge in [0.05, 0.1) is 0 Å². The van der Waals surface area contributed by atoms with Crippen LogP contribution in [0.5, 0.6) is 0 Å². The van der Waals surface area contributed by atoms with Crippen molar-refractivity contribution < 1.29 is 0 Å². The van der Waals surface area contributed by atoms with Crippen molar-refractivity contribution in [1.29, 1.82) is 0 Å². The molecule has 1 heterocycles. The third-order valence-electron chi connectivity index (χ3n) is 11.5. The number of hydrogen-bond donors (Lipinski definition) is 2. The van der Waals surface area contributed by atoms with E-state index in [-0.39, 0.29) is 23.7 Å². The van der Waals surface area contributed by atoms with Crippen LogP contribution < -0.4 is 10.6 Å². The summed E-state index contributed by atoms with van der Waals surface area (Å²) >= 11 is 0. The molecule has 7 aromatic carbocycles. The van der Waals surface area contributed by atoms with Crippen LogP contribution in [0.3, 0.4) is 0 Å². The predicted molar refractivity (Wildman–Crippen MR) is 214 cm³/mol. The normalized spacial score (nSPS) is 20.7. The smallest absolute Gasteiger partial charge is 0.129 e. The monoisotopic (exact) mass is 657 g/mol. The summed E-state index contributed by atoms with van der Waals surface area (Å²) in [5.41, 5.74) is 10.5. The van der Waals surface area contributed by atoms with Crippen LogP contribution in [-0.4, -0.2) is 5.84 Å². The second-order valence-corrected chi connectivity index (χ2v) is 14.8. The topological polar surface area (TPSA) is 36.4 Å². The van der Waals surface area contributed by atoms with Gasteiger partial charge in [-0.25, -0.2) is 4.99 Å². The highest BCUT2D eigenvalue weighted by Crippen LogP contribution is 2.55. The van der Waals surface area contributed by atoms with Gasteiger partial charge >= 0.3 is 0 Å². The summed E-state index contributed by atoms with van der Waals surface area (Å²) in [5.74, 6) is 1.16. The van der Waals surface area contributed by atoms with Gasteiger partial charge in [-0.2, -0.15) is 0 Å². The van der Waals surface area contributed by atoms with E-state index in [1.807, 2.05) is 0 Å². The highest BCUT2D eigenvalue weighted by Gasteiger charge is 2.42. The largest absolute Gasteiger partial charge is 0.354 e. The summed E-state index contributed by atoms with van der Waals surface area (Å²) in [7, 11) is 0. The van der Waals surface area contributed by atoms with Crippen LogP contribution in [0.25, 0.3) is 49.0 Å². The van der Waals surface area contributed by atoms with Crippen LogP contribution in [0.15, 0.2) is 168 Å². The van der Waals surface area contributed by atoms with Crippen molar-refractivity contribution in [2.24, 2.45) is 10.9 Å². The van der Waals surface area contributed by atoms with Crippen molar-refractivity contribution in [3.8, 4) is 11.1 Å². The van der Waals surface area contributed by atoms with Crippen molar-refractivity contribution in [1.82, 2.24) is 10.6 Å². The number of amidine groups is 1. The SMILES string of the molecule is CC1(C)C2=C(C=CC(C3=NC(c4ccc5ccccc5c4)NC(c4ccc5ccccc5c4)N3)C2)c2c1cc1ccccc1c2-c1ccccc1. The molecule has 51 heavy (non-hydrogen) atoms. The standard InChI is InChI=1S/C48H39N3/c1-48(2)41-29-38(24-25-40(41)44-42(48)28-35-18-10-11-19-39(35)43(44)32-14-4-3-5-15-32)47-50-45(36-22-20-30-12-6-8-16-33(30)26-36)49-46(51-47)37-23-21-31-13-7-9-17-34(31)27-37/h3-28,38,45-46,49H,29H2,1-2H3,(H,50,51). The van der Waals surface area contributed by atoms with Crippen LogP contribution in [0.1, 0.15) is 54.9 Å². The van der Waals surface area contributed by atoms with Gasteiger partial charge in [-0.3, -0.25) is 5.32 Å². The van der Waals surface area contributed by atoms with Gasteiger partial charge in [0.1, 0.15) is 18.2 Å². The first-order valence-corrected chi connectivity index (χ1v) is 18.1. The Morgan fingerprint density at radius 2 is 1.24 bits per heavy atom. The van der Waals surface area contributed by atoms with Crippen LogP contribution in [0.2, 0.25) is 0 Å². The molecule has 0 saturated carbocycles. The molecule has 246 valence electrons. The fourth-order valence-corrected chi connectivity index (χ4v) is 8.79. The molecule has 3 aliphatic rings. The number of aliphatic imine (C=N–C) groups is 1. The van der Waals surface area contributed by atoms with Gasteiger partial charge in [-0.15, -0.1) is 0 Å². The molecule has 1 aliphatic heterocycles. The van der Waals surface area contributed by atoms with Crippen molar-refractivity contribution in [3.05, 3.63) is 186 Å². The Morgan fingerprint density at radius 3 is 1.98 bits per heavy atom. The zero-order chi connectivity index (χ0) is 34.1. The number of benzene rings is 7. The highest BCUT2D eigenvalue weighted by atomic mass is 15.3. The lowest BCUT2D eigenvalue weighted by Gasteiger charge is -2.36. The van der Waals surface area contributed by atoms with E-state index in [0.717, 1.165) is 12.3 Å². The molecule has 0 saturated heterocycles. The first-order valence-electron chi connectivity index (χ1n) is 18.1. The number of rotatable bonds is 4. The summed E-state index contributed by atoms with van der Waals surface area (Å²) in [5, 5.41) is 15.3. The fourth-order valence-electron chi connectivity index (χ4n) is 8.79. The number of nitrogens with zero attached hydrogens (tertiary/aromatic N) is 1. The maximum absolute atomic E-state index is 5.46. The maximum atomic E-state index is 5.46. The third-order valence-corrected chi connectivity index (χ3v) is 11.5. The Labute approximate surface area is 299 Å². The molecule has 0 aromatic heterocycles. The molecule has 0 amide bonds. The average molecular weight is 658 g/mol. The second kappa shape index (κ2) is 11.7. The van der Waals surface area contributed by atoms with Crippen molar-refractivity contribution in [2.45, 2.75) is 38.0 Å². The summed E-state index contributed by atoms with van der Waals surface area (Å²) in [4.78, 5) is 5.46. The summed E-state index contributed by atoms with van der Waals surface area (Å²) in [6, 6.07) is 53.0. The van der Waals surface area contributed by atoms with Crippen molar-refractivity contribution >= 4 is 43.7 Å². The molecule has 0 spiro atoms. The molecule has 3 atom stereocenters. The minimum absolute atomic E-state index is 0.0916. The van der Waals surface area contributed by atoms with Crippen LogP contribution in [0, 0.1) is 5.92 Å². The Morgan fingerprint density at radius 1 is 0.608 bits per heavy atom. The number of fused-ring (bicyclic) bond motifs is 5. The lowest BCUT2D eigenvalue weighted by Crippen LogP contribution is -2.47. The van der Waals surface area contributed by atoms with Gasteiger partial charge in [0.25, 0.3) is 0 Å². The van der Waals surface area contributed by atoms with E-state index >= 15 is 0 Å². The molecule has 3 nitrogen and oxygen atoms in total. The van der Waals surface area contributed by atoms with Gasteiger partial charge in [-0.1, -0.05) is 159 Å². The van der Waals surface area contributed by atoms with Gasteiger partial charge in [0.15, 0.2) is 0 Å². The molecule has 2 aliphatic carbocycles. The van der Waals surface area contributed by atoms with E-state index in [4.69, 9.17) is 4.99 Å². The molecule has 0 fully saturated rings. The number of allylic oxidation sites excluding steroid dienone is 3. The van der Waals surface area contributed by atoms with Crippen molar-refractivity contribution in [2.75, 3.05) is 0 Å². The summed E-state index contributed by atoms with van der Waals surface area (Å²) in [6.45, 7) is 4.84. The second-order valence-electron chi connectivity index (χ2n) is 14.8. The quantitative estimate of drug-likeness (QED) is 0.198. The average Bonchev–Trinajstić information content (AvgIpc) is 3.41. The third kappa shape index (κ3) is 4.95. The molecule has 2 N–H and O–H groups in total. The maximum Gasteiger partial charge on any atom is 0.129 e. The van der Waals surface area contributed by atoms with Crippen molar-refractivity contribution in [3.63, 3.8) is 0 Å². The fraction of sp³-hybridized carbons (Fsp3) is 0.146. The predicted octanol–water partition coefficient (Wildman–Crippen LogP) is 11.4. The molecule has 7 aromatic rings. The zero-order valence-electron chi connectivity index (χ0n) is 28.9. The Balaban J connectivity index is 1.07. The lowest BCUT2D eigenvalue weighted by molar-refractivity contribution is 0.398. The van der Waals surface area contributed by atoms with E-state index in [2.05, 4.69) is 182 Å². The van der Waals surface area contributed by atoms with E-state index in [0.29, 0.717) is 0 Å². The minimum atomic E-state index is -0.185. The molecule has 3 unspecified atom stereocenters. The first kappa shape index (κ1) is 30.1. The molecular weight excluding hydrogens is 619 g/mol. The number of hydrogen-bond acceptors (Lipinski definition) is 3. The summed E-state index contributed by atoms with van der Waals surface area (Å²) < 4.78 is 0. The molecule has 3 heteroatoms. The van der Waals surface area contributed by atoms with Gasteiger partial charge in [0.2, 0.25) is 0 Å². The van der Waals surface area contributed by atoms with Crippen LogP contribution in [0.4, 0.5) is 0 Å². The highest BCUT2D eigenvalue weighted by molar-refractivity contribution is 6.08.